The molecule has 0 aliphatic carbocycles. The lowest BCUT2D eigenvalue weighted by Gasteiger charge is -2.05. The third-order valence-corrected chi connectivity index (χ3v) is 3.86. The van der Waals surface area contributed by atoms with Crippen molar-refractivity contribution in [1.82, 2.24) is 0 Å². The highest BCUT2D eigenvalue weighted by molar-refractivity contribution is 5.99. The molecule has 4 N–H and O–H groups in total. The molecule has 0 amide bonds. The van der Waals surface area contributed by atoms with Crippen molar-refractivity contribution < 1.29 is 30.0 Å². The molecule has 25 heavy (non-hydrogen) atoms. The highest BCUT2D eigenvalue weighted by Crippen LogP contribution is 2.26. The molecule has 0 aromatic heterocycles. The molecule has 2 rings (SSSR count). The topological polar surface area (TPSA) is 115 Å². The summed E-state index contributed by atoms with van der Waals surface area (Å²) >= 11 is 0. The first-order chi connectivity index (χ1) is 11.8. The van der Waals surface area contributed by atoms with Crippen LogP contribution in [-0.4, -0.2) is 32.0 Å². The van der Waals surface area contributed by atoms with Crippen LogP contribution in [0.15, 0.2) is 36.4 Å². The van der Waals surface area contributed by atoms with Crippen LogP contribution in [0.3, 0.4) is 0 Å². The molecule has 0 fully saturated rings. The standard InChI is InChI=1S/C19H20O6/c20-14(5-1-12-3-7-16(22)18(24)9-12)11-15(21)6-2-13-4-8-17(23)19(25)10-13/h3-4,7-10,22-25H,1-2,5-6,11H2. The van der Waals surface area contributed by atoms with Gasteiger partial charge in [0.2, 0.25) is 0 Å². The van der Waals surface area contributed by atoms with Crippen molar-refractivity contribution in [3.63, 3.8) is 0 Å². The van der Waals surface area contributed by atoms with E-state index in [9.17, 15) is 30.0 Å². The molecule has 0 radical (unpaired) electrons. The second-order valence-corrected chi connectivity index (χ2v) is 5.90. The van der Waals surface area contributed by atoms with Crippen LogP contribution in [0, 0.1) is 0 Å². The average molecular weight is 344 g/mol. The second kappa shape index (κ2) is 8.19. The number of ketones is 2. The quantitative estimate of drug-likeness (QED) is 0.432. The third-order valence-electron chi connectivity index (χ3n) is 3.86. The van der Waals surface area contributed by atoms with Crippen LogP contribution in [0.5, 0.6) is 23.0 Å². The maximum absolute atomic E-state index is 11.9. The number of hydrogen-bond acceptors (Lipinski definition) is 6. The fourth-order valence-electron chi connectivity index (χ4n) is 2.41. The van der Waals surface area contributed by atoms with Crippen molar-refractivity contribution in [2.24, 2.45) is 0 Å². The van der Waals surface area contributed by atoms with E-state index in [1.165, 1.54) is 24.3 Å². The summed E-state index contributed by atoms with van der Waals surface area (Å²) in [5.74, 6) is -1.29. The smallest absolute Gasteiger partial charge is 0.157 e. The molecular formula is C19H20O6. The molecular weight excluding hydrogens is 324 g/mol. The molecule has 0 unspecified atom stereocenters. The number of aryl methyl sites for hydroxylation is 2. The van der Waals surface area contributed by atoms with Gasteiger partial charge in [-0.3, -0.25) is 9.59 Å². The van der Waals surface area contributed by atoms with Crippen molar-refractivity contribution in [2.75, 3.05) is 0 Å². The Balaban J connectivity index is 1.76. The van der Waals surface area contributed by atoms with E-state index in [0.29, 0.717) is 24.0 Å². The molecule has 0 aliphatic rings. The Morgan fingerprint density at radius 3 is 1.40 bits per heavy atom. The highest BCUT2D eigenvalue weighted by Gasteiger charge is 2.11. The molecule has 0 aliphatic heterocycles. The Hall–Kier alpha value is -3.02. The Labute approximate surface area is 145 Å². The number of phenolic OH excluding ortho intramolecular Hbond substituents is 4. The summed E-state index contributed by atoms with van der Waals surface area (Å²) in [4.78, 5) is 23.8. The van der Waals surface area contributed by atoms with Gasteiger partial charge in [-0.05, 0) is 48.2 Å². The number of phenols is 4. The lowest BCUT2D eigenvalue weighted by atomic mass is 10.0. The van der Waals surface area contributed by atoms with E-state index in [1.54, 1.807) is 12.1 Å². The van der Waals surface area contributed by atoms with Gasteiger partial charge in [-0.15, -0.1) is 0 Å². The predicted octanol–water partition coefficient (Wildman–Crippen LogP) is 2.60. The van der Waals surface area contributed by atoms with Crippen LogP contribution in [0.25, 0.3) is 0 Å². The van der Waals surface area contributed by atoms with Gasteiger partial charge in [0, 0.05) is 12.8 Å². The normalized spacial score (nSPS) is 10.6. The zero-order valence-electron chi connectivity index (χ0n) is 13.6. The highest BCUT2D eigenvalue weighted by atomic mass is 16.3. The summed E-state index contributed by atoms with van der Waals surface area (Å²) in [5, 5.41) is 37.3. The zero-order valence-corrected chi connectivity index (χ0v) is 13.6. The average Bonchev–Trinajstić information content (AvgIpc) is 2.57. The van der Waals surface area contributed by atoms with Gasteiger partial charge in [0.15, 0.2) is 23.0 Å². The minimum atomic E-state index is -0.238. The monoisotopic (exact) mass is 344 g/mol. The minimum Gasteiger partial charge on any atom is -0.504 e. The number of Topliss-reactive ketones (excluding diaryl/α,β-unsaturated/α-hetero) is 2. The fraction of sp³-hybridized carbons (Fsp3) is 0.263. The van der Waals surface area contributed by atoms with Crippen LogP contribution in [-0.2, 0) is 22.4 Å². The van der Waals surface area contributed by atoms with Crippen LogP contribution in [0.2, 0.25) is 0 Å². The van der Waals surface area contributed by atoms with Gasteiger partial charge in [-0.2, -0.15) is 0 Å². The molecule has 6 nitrogen and oxygen atoms in total. The summed E-state index contributed by atoms with van der Waals surface area (Å²) < 4.78 is 0. The second-order valence-electron chi connectivity index (χ2n) is 5.90. The third kappa shape index (κ3) is 5.53. The first-order valence-corrected chi connectivity index (χ1v) is 7.90. The molecule has 0 atom stereocenters. The number of carbonyl (C=O) groups excluding carboxylic acids is 2. The summed E-state index contributed by atoms with van der Waals surface area (Å²) in [5.41, 5.74) is 1.41. The Morgan fingerprint density at radius 1 is 0.640 bits per heavy atom. The largest absolute Gasteiger partial charge is 0.504 e. The van der Waals surface area contributed by atoms with E-state index < -0.39 is 0 Å². The number of benzene rings is 2. The minimum absolute atomic E-state index is 0.159. The predicted molar refractivity (Wildman–Crippen MR) is 90.8 cm³/mol. The maximum atomic E-state index is 11.9. The van der Waals surface area contributed by atoms with Crippen LogP contribution in [0.1, 0.15) is 30.4 Å². The van der Waals surface area contributed by atoms with Gasteiger partial charge in [0.25, 0.3) is 0 Å². The molecule has 2 aromatic rings. The molecule has 0 bridgehead atoms. The SMILES string of the molecule is O=C(CCc1ccc(O)c(O)c1)CC(=O)CCc1ccc(O)c(O)c1. The first kappa shape index (κ1) is 18.3. The Bertz CT molecular complexity index is 716. The Kier molecular flexibility index (Phi) is 6.00. The number of aromatic hydroxyl groups is 4. The molecule has 132 valence electrons. The van der Waals surface area contributed by atoms with Crippen molar-refractivity contribution in [2.45, 2.75) is 32.1 Å². The molecule has 0 spiro atoms. The van der Waals surface area contributed by atoms with Gasteiger partial charge in [0.05, 0.1) is 6.42 Å². The van der Waals surface area contributed by atoms with Gasteiger partial charge in [0.1, 0.15) is 11.6 Å². The number of rotatable bonds is 8. The van der Waals surface area contributed by atoms with Crippen molar-refractivity contribution in [3.8, 4) is 23.0 Å². The number of carbonyl (C=O) groups is 2. The molecule has 0 saturated carbocycles. The lowest BCUT2D eigenvalue weighted by molar-refractivity contribution is -0.126. The van der Waals surface area contributed by atoms with Crippen LogP contribution >= 0.6 is 0 Å². The first-order valence-electron chi connectivity index (χ1n) is 7.90. The molecule has 6 heteroatoms. The fourth-order valence-corrected chi connectivity index (χ4v) is 2.41. The van der Waals surface area contributed by atoms with Crippen molar-refractivity contribution in [1.29, 1.82) is 0 Å². The van der Waals surface area contributed by atoms with Crippen LogP contribution < -0.4 is 0 Å². The van der Waals surface area contributed by atoms with E-state index in [1.807, 2.05) is 0 Å². The van der Waals surface area contributed by atoms with Crippen molar-refractivity contribution >= 4 is 11.6 Å². The summed E-state index contributed by atoms with van der Waals surface area (Å²) in [6.07, 6.45) is 0.956. The van der Waals surface area contributed by atoms with Crippen LogP contribution in [0.4, 0.5) is 0 Å². The van der Waals surface area contributed by atoms with E-state index in [-0.39, 0.29) is 53.8 Å². The lowest BCUT2D eigenvalue weighted by Crippen LogP contribution is -2.09. The zero-order chi connectivity index (χ0) is 18.4. The Morgan fingerprint density at radius 2 is 1.04 bits per heavy atom. The molecule has 2 aromatic carbocycles. The van der Waals surface area contributed by atoms with Gasteiger partial charge >= 0.3 is 0 Å². The summed E-state index contributed by atoms with van der Waals surface area (Å²) in [6, 6.07) is 8.72. The van der Waals surface area contributed by atoms with E-state index in [4.69, 9.17) is 0 Å². The van der Waals surface area contributed by atoms with Crippen molar-refractivity contribution in [3.05, 3.63) is 47.5 Å². The van der Waals surface area contributed by atoms with E-state index >= 15 is 0 Å². The molecule has 0 saturated heterocycles. The van der Waals surface area contributed by atoms with E-state index in [2.05, 4.69) is 0 Å². The maximum Gasteiger partial charge on any atom is 0.157 e. The van der Waals surface area contributed by atoms with Gasteiger partial charge in [-0.1, -0.05) is 12.1 Å². The number of hydrogen-bond donors (Lipinski definition) is 4. The molecule has 0 heterocycles. The van der Waals surface area contributed by atoms with Gasteiger partial charge < -0.3 is 20.4 Å². The summed E-state index contributed by atoms with van der Waals surface area (Å²) in [7, 11) is 0. The summed E-state index contributed by atoms with van der Waals surface area (Å²) in [6.45, 7) is 0. The van der Waals surface area contributed by atoms with E-state index in [0.717, 1.165) is 0 Å². The van der Waals surface area contributed by atoms with Gasteiger partial charge in [-0.25, -0.2) is 0 Å².